The maximum Gasteiger partial charge on any atom is 0.417 e. The molecule has 1 aromatic carbocycles. The number of aromatic nitrogens is 5. The quantitative estimate of drug-likeness (QED) is 0.588. The minimum Gasteiger partial charge on any atom is -0.324 e. The van der Waals surface area contributed by atoms with Gasteiger partial charge in [0.05, 0.1) is 28.2 Å². The van der Waals surface area contributed by atoms with Crippen LogP contribution in [0, 0.1) is 0 Å². The number of benzene rings is 1. The summed E-state index contributed by atoms with van der Waals surface area (Å²) in [6, 6.07) is 6.33. The lowest BCUT2D eigenvalue weighted by Gasteiger charge is -2.45. The Morgan fingerprint density at radius 3 is 2.68 bits per heavy atom. The fraction of sp³-hybridized carbons (Fsp3) is 0.350. The van der Waals surface area contributed by atoms with Gasteiger partial charge in [-0.05, 0) is 43.5 Å². The lowest BCUT2D eigenvalue weighted by atomic mass is 9.90. The van der Waals surface area contributed by atoms with Crippen molar-refractivity contribution >= 4 is 17.5 Å². The number of piperidine rings is 1. The fourth-order valence-corrected chi connectivity index (χ4v) is 4.75. The van der Waals surface area contributed by atoms with E-state index in [2.05, 4.69) is 20.4 Å². The number of hydrogen-bond donors (Lipinski definition) is 0. The average Bonchev–Trinajstić information content (AvgIpc) is 3.16. The Labute approximate surface area is 179 Å². The smallest absolute Gasteiger partial charge is 0.324 e. The molecule has 0 saturated carbocycles. The number of rotatable bonds is 2. The molecule has 1 fully saturated rings. The first kappa shape index (κ1) is 19.9. The molecule has 0 spiro atoms. The molecule has 2 aliphatic heterocycles. The van der Waals surface area contributed by atoms with Crippen LogP contribution < -0.4 is 0 Å². The second kappa shape index (κ2) is 7.30. The number of fused-ring (bicyclic) bond motifs is 4. The molecule has 0 aliphatic carbocycles. The van der Waals surface area contributed by atoms with Crippen LogP contribution >= 0.6 is 11.6 Å². The van der Waals surface area contributed by atoms with Crippen LogP contribution in [0.5, 0.6) is 0 Å². The topological polar surface area (TPSA) is 76.8 Å². The van der Waals surface area contributed by atoms with Crippen molar-refractivity contribution in [1.82, 2.24) is 29.9 Å². The highest BCUT2D eigenvalue weighted by atomic mass is 35.5. The minimum absolute atomic E-state index is 0.157. The van der Waals surface area contributed by atoms with Gasteiger partial charge >= 0.3 is 6.18 Å². The number of carbonyl (C=O) groups excluding carboxylic acids is 1. The third-order valence-electron chi connectivity index (χ3n) is 5.79. The molecular formula is C20H16ClF3N6O. The molecule has 1 saturated heterocycles. The summed E-state index contributed by atoms with van der Waals surface area (Å²) in [6.45, 7) is 0.424. The van der Waals surface area contributed by atoms with Crippen molar-refractivity contribution in [3.63, 3.8) is 0 Å². The summed E-state index contributed by atoms with van der Waals surface area (Å²) >= 11 is 6.03. The van der Waals surface area contributed by atoms with Crippen LogP contribution in [0.15, 0.2) is 36.5 Å². The highest BCUT2D eigenvalue weighted by Gasteiger charge is 2.44. The summed E-state index contributed by atoms with van der Waals surface area (Å²) < 4.78 is 41.8. The summed E-state index contributed by atoms with van der Waals surface area (Å²) in [5, 5.41) is 15.9. The van der Waals surface area contributed by atoms with E-state index in [0.717, 1.165) is 18.9 Å². The van der Waals surface area contributed by atoms with Gasteiger partial charge in [-0.15, -0.1) is 15.3 Å². The van der Waals surface area contributed by atoms with Crippen molar-refractivity contribution in [2.75, 3.05) is 0 Å². The predicted molar refractivity (Wildman–Crippen MR) is 104 cm³/mol. The van der Waals surface area contributed by atoms with Crippen molar-refractivity contribution < 1.29 is 18.0 Å². The molecule has 3 aromatic rings. The van der Waals surface area contributed by atoms with Crippen LogP contribution in [0.1, 0.15) is 47.1 Å². The first-order valence-electron chi connectivity index (χ1n) is 9.76. The van der Waals surface area contributed by atoms with Crippen LogP contribution in [0.2, 0.25) is 5.02 Å². The number of hydrogen-bond acceptors (Lipinski definition) is 5. The molecular weight excluding hydrogens is 433 g/mol. The zero-order valence-electron chi connectivity index (χ0n) is 16.1. The van der Waals surface area contributed by atoms with Crippen molar-refractivity contribution in [2.24, 2.45) is 0 Å². The average molecular weight is 449 g/mol. The Balaban J connectivity index is 1.55. The molecule has 1 unspecified atom stereocenters. The Kier molecular flexibility index (Phi) is 4.69. The largest absolute Gasteiger partial charge is 0.417 e. The zero-order valence-corrected chi connectivity index (χ0v) is 16.8. The lowest BCUT2D eigenvalue weighted by molar-refractivity contribution is -0.137. The van der Waals surface area contributed by atoms with E-state index in [1.165, 1.54) is 12.1 Å². The van der Waals surface area contributed by atoms with Gasteiger partial charge in [0, 0.05) is 12.7 Å². The van der Waals surface area contributed by atoms with E-state index in [9.17, 15) is 18.0 Å². The molecule has 5 rings (SSSR count). The lowest BCUT2D eigenvalue weighted by Crippen LogP contribution is -2.52. The monoisotopic (exact) mass is 448 g/mol. The van der Waals surface area contributed by atoms with E-state index >= 15 is 0 Å². The summed E-state index contributed by atoms with van der Waals surface area (Å²) in [7, 11) is 0. The van der Waals surface area contributed by atoms with E-state index in [1.54, 1.807) is 23.2 Å². The van der Waals surface area contributed by atoms with Crippen LogP contribution in [-0.2, 0) is 12.7 Å². The van der Waals surface area contributed by atoms with Gasteiger partial charge in [-0.25, -0.2) is 0 Å². The van der Waals surface area contributed by atoms with E-state index in [1.807, 2.05) is 4.57 Å². The predicted octanol–water partition coefficient (Wildman–Crippen LogP) is 4.16. The molecule has 7 nitrogen and oxygen atoms in total. The van der Waals surface area contributed by atoms with E-state index < -0.39 is 28.7 Å². The summed E-state index contributed by atoms with van der Waals surface area (Å²) in [5.41, 5.74) is -0.606. The highest BCUT2D eigenvalue weighted by Crippen LogP contribution is 2.42. The molecule has 31 heavy (non-hydrogen) atoms. The third kappa shape index (κ3) is 3.25. The maximum atomic E-state index is 13.4. The molecule has 11 heteroatoms. The second-order valence-electron chi connectivity index (χ2n) is 7.58. The summed E-state index contributed by atoms with van der Waals surface area (Å²) in [6.07, 6.45) is -0.849. The van der Waals surface area contributed by atoms with Gasteiger partial charge in [-0.2, -0.15) is 18.3 Å². The van der Waals surface area contributed by atoms with Crippen LogP contribution in [0.3, 0.4) is 0 Å². The van der Waals surface area contributed by atoms with E-state index in [-0.39, 0.29) is 11.6 Å². The minimum atomic E-state index is -4.64. The Bertz CT molecular complexity index is 1150. The SMILES string of the molecule is O=C(c1cccc(C(F)(F)F)c1Cl)N1C2CCC[C@H]1c1nnc(-c3cccnn3)n1C2. The van der Waals surface area contributed by atoms with Crippen LogP contribution in [-0.4, -0.2) is 41.8 Å². The van der Waals surface area contributed by atoms with Crippen molar-refractivity contribution in [3.8, 4) is 11.5 Å². The van der Waals surface area contributed by atoms with Gasteiger partial charge in [0.25, 0.3) is 5.91 Å². The normalized spacial score (nSPS) is 20.5. The molecule has 160 valence electrons. The van der Waals surface area contributed by atoms with Gasteiger partial charge in [-0.1, -0.05) is 17.7 Å². The number of alkyl halides is 3. The van der Waals surface area contributed by atoms with Crippen LogP contribution in [0.25, 0.3) is 11.5 Å². The van der Waals surface area contributed by atoms with Crippen molar-refractivity contribution in [3.05, 3.63) is 58.5 Å². The standard InChI is InChI=1S/C20H16ClF3N6O/c21-16-12(5-2-6-13(16)20(22,23)24)19(31)30-11-4-1-8-15(30)18-28-27-17(29(18)10-11)14-7-3-9-25-26-14/h2-3,5-7,9,11,15H,1,4,8,10H2/t11?,15-/m0/s1. The number of amides is 1. The molecule has 0 N–H and O–H groups in total. The van der Waals surface area contributed by atoms with E-state index in [4.69, 9.17) is 11.6 Å². The van der Waals surface area contributed by atoms with E-state index in [0.29, 0.717) is 30.3 Å². The zero-order chi connectivity index (χ0) is 21.8. The van der Waals surface area contributed by atoms with Gasteiger partial charge in [0.1, 0.15) is 5.69 Å². The Morgan fingerprint density at radius 1 is 1.10 bits per heavy atom. The molecule has 2 aromatic heterocycles. The molecule has 4 heterocycles. The molecule has 2 aliphatic rings. The molecule has 1 amide bonds. The van der Waals surface area contributed by atoms with Gasteiger partial charge < -0.3 is 9.47 Å². The molecule has 0 radical (unpaired) electrons. The molecule has 2 atom stereocenters. The third-order valence-corrected chi connectivity index (χ3v) is 6.19. The van der Waals surface area contributed by atoms with Crippen LogP contribution in [0.4, 0.5) is 13.2 Å². The first-order chi connectivity index (χ1) is 14.9. The van der Waals surface area contributed by atoms with Gasteiger partial charge in [0.2, 0.25) is 0 Å². The number of halogens is 4. The number of nitrogens with zero attached hydrogens (tertiary/aromatic N) is 6. The fourth-order valence-electron chi connectivity index (χ4n) is 4.44. The van der Waals surface area contributed by atoms with Gasteiger partial charge in [0.15, 0.2) is 11.6 Å². The first-order valence-corrected chi connectivity index (χ1v) is 10.1. The summed E-state index contributed by atoms with van der Waals surface area (Å²) in [5.74, 6) is 0.623. The second-order valence-corrected chi connectivity index (χ2v) is 7.96. The van der Waals surface area contributed by atoms with Gasteiger partial charge in [-0.3, -0.25) is 4.79 Å². The Morgan fingerprint density at radius 2 is 1.94 bits per heavy atom. The number of carbonyl (C=O) groups is 1. The Hall–Kier alpha value is -3.01. The van der Waals surface area contributed by atoms with Crippen molar-refractivity contribution in [2.45, 2.75) is 44.1 Å². The highest BCUT2D eigenvalue weighted by molar-refractivity contribution is 6.34. The summed E-state index contributed by atoms with van der Waals surface area (Å²) in [4.78, 5) is 15.0. The maximum absolute atomic E-state index is 13.4. The van der Waals surface area contributed by atoms with Crippen molar-refractivity contribution in [1.29, 1.82) is 0 Å². The molecule has 2 bridgehead atoms.